The maximum atomic E-state index is 10.7. The van der Waals surface area contributed by atoms with Gasteiger partial charge in [0.2, 0.25) is 0 Å². The number of rotatable bonds is 5. The number of fused-ring (bicyclic) bond motifs is 1. The fraction of sp³-hybridized carbons (Fsp3) is 0.188. The third-order valence-corrected chi connectivity index (χ3v) is 4.02. The van der Waals surface area contributed by atoms with E-state index in [4.69, 9.17) is 5.11 Å². The first-order valence-corrected chi connectivity index (χ1v) is 7.17. The summed E-state index contributed by atoms with van der Waals surface area (Å²) in [5.74, 6) is 0.0497. The predicted octanol–water partition coefficient (Wildman–Crippen LogP) is 4.35. The van der Waals surface area contributed by atoms with Crippen molar-refractivity contribution in [1.29, 1.82) is 0 Å². The number of benzene rings is 2. The highest BCUT2D eigenvalue weighted by Gasteiger charge is 2.01. The summed E-state index contributed by atoms with van der Waals surface area (Å²) in [7, 11) is 0. The standard InChI is InChI=1S/C16H16O2S/c1-12(16(17)18)6-5-11-19-15-10-4-8-13-7-2-3-9-14(13)15/h2-4,6-10H,5,11H2,1H3,(H,17,18)/b12-6+. The van der Waals surface area contributed by atoms with Gasteiger partial charge >= 0.3 is 5.97 Å². The van der Waals surface area contributed by atoms with Crippen LogP contribution in [0.1, 0.15) is 13.3 Å². The van der Waals surface area contributed by atoms with Crippen molar-refractivity contribution in [1.82, 2.24) is 0 Å². The molecule has 2 nitrogen and oxygen atoms in total. The molecule has 0 atom stereocenters. The molecule has 19 heavy (non-hydrogen) atoms. The highest BCUT2D eigenvalue weighted by Crippen LogP contribution is 2.28. The lowest BCUT2D eigenvalue weighted by Gasteiger charge is -2.05. The minimum Gasteiger partial charge on any atom is -0.478 e. The number of hydrogen-bond acceptors (Lipinski definition) is 2. The second kappa shape index (κ2) is 6.43. The molecule has 2 rings (SSSR count). The van der Waals surface area contributed by atoms with Gasteiger partial charge in [-0.05, 0) is 30.2 Å². The highest BCUT2D eigenvalue weighted by molar-refractivity contribution is 7.99. The van der Waals surface area contributed by atoms with E-state index in [1.807, 2.05) is 12.1 Å². The van der Waals surface area contributed by atoms with Gasteiger partial charge in [0.05, 0.1) is 0 Å². The number of carboxylic acids is 1. The largest absolute Gasteiger partial charge is 0.478 e. The van der Waals surface area contributed by atoms with Crippen LogP contribution in [0.4, 0.5) is 0 Å². The molecule has 0 bridgehead atoms. The number of hydrogen-bond donors (Lipinski definition) is 1. The van der Waals surface area contributed by atoms with E-state index in [1.54, 1.807) is 24.8 Å². The monoisotopic (exact) mass is 272 g/mol. The average molecular weight is 272 g/mol. The van der Waals surface area contributed by atoms with Crippen molar-refractivity contribution < 1.29 is 9.90 Å². The third-order valence-electron chi connectivity index (χ3n) is 2.91. The van der Waals surface area contributed by atoms with E-state index >= 15 is 0 Å². The zero-order valence-electron chi connectivity index (χ0n) is 10.8. The van der Waals surface area contributed by atoms with Gasteiger partial charge in [-0.25, -0.2) is 4.79 Å². The summed E-state index contributed by atoms with van der Waals surface area (Å²) in [5.41, 5.74) is 0.415. The van der Waals surface area contributed by atoms with Gasteiger partial charge < -0.3 is 5.11 Å². The van der Waals surface area contributed by atoms with Crippen molar-refractivity contribution in [3.63, 3.8) is 0 Å². The van der Waals surface area contributed by atoms with Crippen LogP contribution in [-0.4, -0.2) is 16.8 Å². The van der Waals surface area contributed by atoms with Gasteiger partial charge in [-0.15, -0.1) is 11.8 Å². The fourth-order valence-corrected chi connectivity index (χ4v) is 2.82. The lowest BCUT2D eigenvalue weighted by molar-refractivity contribution is -0.132. The van der Waals surface area contributed by atoms with Crippen molar-refractivity contribution >= 4 is 28.5 Å². The van der Waals surface area contributed by atoms with Crippen molar-refractivity contribution in [3.05, 3.63) is 54.1 Å². The Kier molecular flexibility index (Phi) is 4.63. The Bertz CT molecular complexity index is 612. The van der Waals surface area contributed by atoms with Crippen LogP contribution in [0.5, 0.6) is 0 Å². The lowest BCUT2D eigenvalue weighted by Crippen LogP contribution is -1.95. The molecule has 98 valence electrons. The van der Waals surface area contributed by atoms with E-state index in [-0.39, 0.29) is 0 Å². The van der Waals surface area contributed by atoms with E-state index in [0.29, 0.717) is 5.57 Å². The molecule has 0 unspecified atom stereocenters. The Morgan fingerprint density at radius 3 is 2.74 bits per heavy atom. The summed E-state index contributed by atoms with van der Waals surface area (Å²) < 4.78 is 0. The summed E-state index contributed by atoms with van der Waals surface area (Å²) in [4.78, 5) is 11.9. The molecule has 0 aliphatic heterocycles. The van der Waals surface area contributed by atoms with Gasteiger partial charge in [0.15, 0.2) is 0 Å². The van der Waals surface area contributed by atoms with Crippen molar-refractivity contribution in [2.45, 2.75) is 18.2 Å². The summed E-state index contributed by atoms with van der Waals surface area (Å²) in [5, 5.41) is 11.3. The Labute approximate surface area is 117 Å². The van der Waals surface area contributed by atoms with Crippen LogP contribution < -0.4 is 0 Å². The molecule has 0 aliphatic rings. The van der Waals surface area contributed by atoms with Crippen LogP contribution in [0, 0.1) is 0 Å². The van der Waals surface area contributed by atoms with Crippen LogP contribution in [-0.2, 0) is 4.79 Å². The van der Waals surface area contributed by atoms with Crippen LogP contribution in [0.2, 0.25) is 0 Å². The van der Waals surface area contributed by atoms with Crippen LogP contribution in [0.3, 0.4) is 0 Å². The smallest absolute Gasteiger partial charge is 0.330 e. The number of carbonyl (C=O) groups is 1. The highest BCUT2D eigenvalue weighted by atomic mass is 32.2. The summed E-state index contributed by atoms with van der Waals surface area (Å²) in [6.45, 7) is 1.63. The van der Waals surface area contributed by atoms with Gasteiger partial charge in [0.1, 0.15) is 0 Å². The minimum absolute atomic E-state index is 0.415. The first-order chi connectivity index (χ1) is 9.18. The fourth-order valence-electron chi connectivity index (χ4n) is 1.85. The van der Waals surface area contributed by atoms with E-state index in [2.05, 4.69) is 30.3 Å². The molecule has 1 N–H and O–H groups in total. The maximum absolute atomic E-state index is 10.7. The summed E-state index contributed by atoms with van der Waals surface area (Å²) >= 11 is 1.77. The quantitative estimate of drug-likeness (QED) is 0.499. The zero-order chi connectivity index (χ0) is 13.7. The number of aliphatic carboxylic acids is 1. The lowest BCUT2D eigenvalue weighted by atomic mass is 10.1. The topological polar surface area (TPSA) is 37.3 Å². The normalized spacial score (nSPS) is 11.7. The first-order valence-electron chi connectivity index (χ1n) is 6.19. The molecule has 0 amide bonds. The van der Waals surface area contributed by atoms with Crippen molar-refractivity contribution in [2.75, 3.05) is 5.75 Å². The molecule has 0 aromatic heterocycles. The molecular weight excluding hydrogens is 256 g/mol. The zero-order valence-corrected chi connectivity index (χ0v) is 11.6. The Morgan fingerprint density at radius 2 is 1.95 bits per heavy atom. The minimum atomic E-state index is -0.838. The number of allylic oxidation sites excluding steroid dienone is 1. The Balaban J connectivity index is 2.03. The maximum Gasteiger partial charge on any atom is 0.330 e. The molecule has 0 heterocycles. The molecule has 0 spiro atoms. The van der Waals surface area contributed by atoms with Gasteiger partial charge in [0, 0.05) is 16.2 Å². The Hall–Kier alpha value is -1.74. The van der Waals surface area contributed by atoms with E-state index < -0.39 is 5.97 Å². The van der Waals surface area contributed by atoms with Crippen molar-refractivity contribution in [2.24, 2.45) is 0 Å². The van der Waals surface area contributed by atoms with Gasteiger partial charge in [-0.2, -0.15) is 0 Å². The van der Waals surface area contributed by atoms with Gasteiger partial charge in [-0.1, -0.05) is 42.5 Å². The number of carboxylic acid groups (broad SMARTS) is 1. The molecule has 0 fully saturated rings. The molecular formula is C16H16O2S. The second-order valence-corrected chi connectivity index (χ2v) is 5.44. The van der Waals surface area contributed by atoms with E-state index in [9.17, 15) is 4.79 Å². The summed E-state index contributed by atoms with van der Waals surface area (Å²) in [6.07, 6.45) is 2.55. The second-order valence-electron chi connectivity index (χ2n) is 4.31. The summed E-state index contributed by atoms with van der Waals surface area (Å²) in [6, 6.07) is 14.6. The van der Waals surface area contributed by atoms with Crippen LogP contribution >= 0.6 is 11.8 Å². The SMILES string of the molecule is C/C(=C\CCSc1cccc2ccccc12)C(=O)O. The van der Waals surface area contributed by atoms with Crippen LogP contribution in [0.15, 0.2) is 59.0 Å². The molecule has 2 aromatic carbocycles. The Morgan fingerprint density at radius 1 is 1.21 bits per heavy atom. The first kappa shape index (κ1) is 13.7. The molecule has 0 radical (unpaired) electrons. The van der Waals surface area contributed by atoms with E-state index in [0.717, 1.165) is 12.2 Å². The third kappa shape index (κ3) is 3.61. The molecule has 2 aromatic rings. The van der Waals surface area contributed by atoms with Crippen molar-refractivity contribution in [3.8, 4) is 0 Å². The van der Waals surface area contributed by atoms with Crippen LogP contribution in [0.25, 0.3) is 10.8 Å². The predicted molar refractivity (Wildman–Crippen MR) is 80.7 cm³/mol. The van der Waals surface area contributed by atoms with Gasteiger partial charge in [-0.3, -0.25) is 0 Å². The average Bonchev–Trinajstić information content (AvgIpc) is 2.43. The molecule has 0 saturated carbocycles. The molecule has 0 saturated heterocycles. The number of thioether (sulfide) groups is 1. The molecule has 0 aliphatic carbocycles. The van der Waals surface area contributed by atoms with E-state index in [1.165, 1.54) is 15.7 Å². The molecule has 3 heteroatoms. The van der Waals surface area contributed by atoms with Gasteiger partial charge in [0.25, 0.3) is 0 Å².